The molecular formula is C23H18ClN3O4. The van der Waals surface area contributed by atoms with Gasteiger partial charge in [0.05, 0.1) is 18.2 Å². The van der Waals surface area contributed by atoms with Crippen LogP contribution in [0.3, 0.4) is 0 Å². The average Bonchev–Trinajstić information content (AvgIpc) is 3.05. The van der Waals surface area contributed by atoms with Crippen molar-refractivity contribution in [2.24, 2.45) is 0 Å². The highest BCUT2D eigenvalue weighted by atomic mass is 35.5. The van der Waals surface area contributed by atoms with Gasteiger partial charge in [0.25, 0.3) is 5.78 Å². The summed E-state index contributed by atoms with van der Waals surface area (Å²) in [7, 11) is 0. The minimum atomic E-state index is -0.937. The number of hydrogen-bond donors (Lipinski definition) is 1. The lowest BCUT2D eigenvalue weighted by atomic mass is 9.95. The smallest absolute Gasteiger partial charge is 0.302 e. The topological polar surface area (TPSA) is 92.6 Å². The van der Waals surface area contributed by atoms with Crippen LogP contribution in [-0.2, 0) is 9.59 Å². The molecule has 1 saturated heterocycles. The fourth-order valence-electron chi connectivity index (χ4n) is 3.48. The second kappa shape index (κ2) is 8.57. The number of aliphatic hydroxyl groups excluding tert-OH is 1. The van der Waals surface area contributed by atoms with Gasteiger partial charge >= 0.3 is 5.91 Å². The second-order valence-corrected chi connectivity index (χ2v) is 7.17. The molecule has 1 amide bonds. The van der Waals surface area contributed by atoms with E-state index in [1.165, 1.54) is 17.3 Å². The summed E-state index contributed by atoms with van der Waals surface area (Å²) in [6.45, 7) is 2.37. The molecule has 7 nitrogen and oxygen atoms in total. The largest absolute Gasteiger partial charge is 0.507 e. The summed E-state index contributed by atoms with van der Waals surface area (Å²) < 4.78 is 5.42. The highest BCUT2D eigenvalue weighted by molar-refractivity contribution is 6.51. The maximum Gasteiger partial charge on any atom is 0.302 e. The molecule has 3 aromatic rings. The Bertz CT molecular complexity index is 1160. The van der Waals surface area contributed by atoms with Gasteiger partial charge in [0.15, 0.2) is 0 Å². The molecule has 2 heterocycles. The van der Waals surface area contributed by atoms with E-state index in [1.807, 2.05) is 6.92 Å². The third-order valence-corrected chi connectivity index (χ3v) is 5.05. The molecule has 4 rings (SSSR count). The molecule has 1 aliphatic rings. The molecular weight excluding hydrogens is 418 g/mol. The van der Waals surface area contributed by atoms with Crippen LogP contribution < -0.4 is 9.64 Å². The molecule has 1 N–H and O–H groups in total. The zero-order valence-corrected chi connectivity index (χ0v) is 17.3. The maximum absolute atomic E-state index is 13.0. The van der Waals surface area contributed by atoms with E-state index < -0.39 is 17.7 Å². The predicted molar refractivity (Wildman–Crippen MR) is 116 cm³/mol. The van der Waals surface area contributed by atoms with Crippen molar-refractivity contribution in [2.75, 3.05) is 11.5 Å². The number of ketones is 1. The summed E-state index contributed by atoms with van der Waals surface area (Å²) >= 11 is 6.17. The zero-order chi connectivity index (χ0) is 22.0. The van der Waals surface area contributed by atoms with Crippen molar-refractivity contribution in [3.8, 4) is 5.75 Å². The third kappa shape index (κ3) is 3.87. The molecule has 2 aromatic carbocycles. The highest BCUT2D eigenvalue weighted by Crippen LogP contribution is 2.41. The fraction of sp³-hybridized carbons (Fsp3) is 0.130. The number of halogens is 1. The number of ether oxygens (including phenoxy) is 1. The quantitative estimate of drug-likeness (QED) is 0.367. The van der Waals surface area contributed by atoms with Crippen molar-refractivity contribution in [3.05, 3.63) is 88.7 Å². The summed E-state index contributed by atoms with van der Waals surface area (Å²) in [4.78, 5) is 35.4. The van der Waals surface area contributed by atoms with E-state index in [1.54, 1.807) is 54.6 Å². The van der Waals surface area contributed by atoms with Gasteiger partial charge in [-0.05, 0) is 55.0 Å². The predicted octanol–water partition coefficient (Wildman–Crippen LogP) is 4.16. The van der Waals surface area contributed by atoms with Crippen molar-refractivity contribution in [2.45, 2.75) is 13.0 Å². The van der Waals surface area contributed by atoms with E-state index in [0.717, 1.165) is 0 Å². The molecule has 0 aliphatic carbocycles. The molecule has 0 spiro atoms. The van der Waals surface area contributed by atoms with Crippen LogP contribution in [0.5, 0.6) is 5.75 Å². The van der Waals surface area contributed by atoms with Crippen LogP contribution in [0.15, 0.2) is 72.6 Å². The van der Waals surface area contributed by atoms with Crippen LogP contribution in [0, 0.1) is 0 Å². The monoisotopic (exact) mass is 435 g/mol. The number of amides is 1. The van der Waals surface area contributed by atoms with Gasteiger partial charge in [-0.25, -0.2) is 9.97 Å². The minimum Gasteiger partial charge on any atom is -0.507 e. The minimum absolute atomic E-state index is 0.0559. The molecule has 0 radical (unpaired) electrons. The summed E-state index contributed by atoms with van der Waals surface area (Å²) in [6, 6.07) is 14.0. The van der Waals surface area contributed by atoms with Crippen molar-refractivity contribution < 1.29 is 19.4 Å². The SMILES string of the molecule is CCOc1ccc(/C(O)=C2\C(=O)C(=O)N(c3ncccn3)[C@@H]2c2cccc(Cl)c2)cc1. The molecule has 1 atom stereocenters. The van der Waals surface area contributed by atoms with E-state index in [4.69, 9.17) is 16.3 Å². The number of carbonyl (C=O) groups is 2. The van der Waals surface area contributed by atoms with Gasteiger partial charge in [0.2, 0.25) is 5.95 Å². The maximum atomic E-state index is 13.0. The first-order valence-corrected chi connectivity index (χ1v) is 9.95. The Morgan fingerprint density at radius 1 is 1.10 bits per heavy atom. The summed E-state index contributed by atoms with van der Waals surface area (Å²) in [5.74, 6) is -1.28. The van der Waals surface area contributed by atoms with E-state index in [9.17, 15) is 14.7 Å². The number of benzene rings is 2. The van der Waals surface area contributed by atoms with Crippen LogP contribution in [-0.4, -0.2) is 33.4 Å². The van der Waals surface area contributed by atoms with E-state index in [2.05, 4.69) is 9.97 Å². The lowest BCUT2D eigenvalue weighted by molar-refractivity contribution is -0.132. The Morgan fingerprint density at radius 2 is 1.81 bits per heavy atom. The third-order valence-electron chi connectivity index (χ3n) is 4.82. The molecule has 1 aliphatic heterocycles. The molecule has 1 fully saturated rings. The number of carbonyl (C=O) groups excluding carboxylic acids is 2. The van der Waals surface area contributed by atoms with Crippen LogP contribution in [0.1, 0.15) is 24.1 Å². The molecule has 1 aromatic heterocycles. The normalized spacial score (nSPS) is 17.7. The number of aromatic nitrogens is 2. The summed E-state index contributed by atoms with van der Waals surface area (Å²) in [5, 5.41) is 11.5. The van der Waals surface area contributed by atoms with Gasteiger partial charge in [-0.2, -0.15) is 0 Å². The molecule has 31 heavy (non-hydrogen) atoms. The number of rotatable bonds is 5. The first-order valence-electron chi connectivity index (χ1n) is 9.58. The Labute approximate surface area is 183 Å². The van der Waals surface area contributed by atoms with Crippen molar-refractivity contribution >= 4 is 35.0 Å². The van der Waals surface area contributed by atoms with Gasteiger partial charge in [0.1, 0.15) is 11.5 Å². The molecule has 8 heteroatoms. The van der Waals surface area contributed by atoms with Crippen LogP contribution in [0.2, 0.25) is 5.02 Å². The molecule has 0 saturated carbocycles. The van der Waals surface area contributed by atoms with Crippen LogP contribution >= 0.6 is 11.6 Å². The standard InChI is InChI=1S/C23H18ClN3O4/c1-2-31-17-9-7-14(8-10-17)20(28)18-19(15-5-3-6-16(24)13-15)27(22(30)21(18)29)23-25-11-4-12-26-23/h3-13,19,28H,2H2,1H3/b20-18+/t19-/m1/s1. The van der Waals surface area contributed by atoms with Crippen molar-refractivity contribution in [1.82, 2.24) is 9.97 Å². The highest BCUT2D eigenvalue weighted by Gasteiger charge is 2.48. The number of nitrogens with zero attached hydrogens (tertiary/aromatic N) is 3. The Morgan fingerprint density at radius 3 is 2.45 bits per heavy atom. The van der Waals surface area contributed by atoms with Crippen LogP contribution in [0.25, 0.3) is 5.76 Å². The van der Waals surface area contributed by atoms with Gasteiger partial charge < -0.3 is 9.84 Å². The first kappa shape index (κ1) is 20.6. The Balaban J connectivity index is 1.89. The molecule has 0 unspecified atom stereocenters. The van der Waals surface area contributed by atoms with E-state index in [-0.39, 0.29) is 17.3 Å². The fourth-order valence-corrected chi connectivity index (χ4v) is 3.68. The lowest BCUT2D eigenvalue weighted by Gasteiger charge is -2.23. The van der Waals surface area contributed by atoms with Crippen molar-refractivity contribution in [3.63, 3.8) is 0 Å². The zero-order valence-electron chi connectivity index (χ0n) is 16.5. The Hall–Kier alpha value is -3.71. The molecule has 156 valence electrons. The van der Waals surface area contributed by atoms with E-state index in [0.29, 0.717) is 28.5 Å². The molecule has 0 bridgehead atoms. The summed E-state index contributed by atoms with van der Waals surface area (Å²) in [5.41, 5.74) is 0.859. The van der Waals surface area contributed by atoms with Gasteiger partial charge in [0, 0.05) is 23.0 Å². The van der Waals surface area contributed by atoms with Gasteiger partial charge in [-0.1, -0.05) is 23.7 Å². The van der Waals surface area contributed by atoms with Gasteiger partial charge in [-0.15, -0.1) is 0 Å². The number of anilines is 1. The van der Waals surface area contributed by atoms with E-state index >= 15 is 0 Å². The average molecular weight is 436 g/mol. The van der Waals surface area contributed by atoms with Crippen LogP contribution in [0.4, 0.5) is 5.95 Å². The first-order chi connectivity index (χ1) is 15.0. The Kier molecular flexibility index (Phi) is 5.68. The van der Waals surface area contributed by atoms with Gasteiger partial charge in [-0.3, -0.25) is 14.5 Å². The number of Topliss-reactive ketones (excluding diaryl/α,β-unsaturated/α-hetero) is 1. The number of aliphatic hydroxyl groups is 1. The second-order valence-electron chi connectivity index (χ2n) is 6.73. The van der Waals surface area contributed by atoms with Crippen molar-refractivity contribution in [1.29, 1.82) is 0 Å². The number of hydrogen-bond acceptors (Lipinski definition) is 6. The summed E-state index contributed by atoms with van der Waals surface area (Å²) in [6.07, 6.45) is 2.95. The lowest BCUT2D eigenvalue weighted by Crippen LogP contribution is -2.31.